The van der Waals surface area contributed by atoms with Crippen LogP contribution >= 0.6 is 24.8 Å². The fourth-order valence-electron chi connectivity index (χ4n) is 2.88. The van der Waals surface area contributed by atoms with Crippen molar-refractivity contribution in [3.63, 3.8) is 0 Å². The Morgan fingerprint density at radius 3 is 2.39 bits per heavy atom. The van der Waals surface area contributed by atoms with Crippen LogP contribution in [0.3, 0.4) is 0 Å². The largest absolute Gasteiger partial charge is 0.433 e. The Hall–Kier alpha value is -1.91. The van der Waals surface area contributed by atoms with Crippen molar-refractivity contribution in [2.75, 3.05) is 17.6 Å². The van der Waals surface area contributed by atoms with Gasteiger partial charge in [-0.25, -0.2) is 15.0 Å². The fourth-order valence-corrected chi connectivity index (χ4v) is 2.88. The van der Waals surface area contributed by atoms with Crippen LogP contribution in [0.2, 0.25) is 0 Å². The van der Waals surface area contributed by atoms with Crippen LogP contribution in [-0.2, 0) is 12.6 Å². The first-order valence-electron chi connectivity index (χ1n) is 8.26. The van der Waals surface area contributed by atoms with E-state index in [-0.39, 0.29) is 60.7 Å². The third-order valence-corrected chi connectivity index (χ3v) is 4.20. The molecule has 1 aliphatic rings. The minimum Gasteiger partial charge on any atom is -0.369 e. The van der Waals surface area contributed by atoms with Gasteiger partial charge in [0.1, 0.15) is 17.3 Å². The van der Waals surface area contributed by atoms with E-state index in [1.807, 2.05) is 0 Å². The number of aryl methyl sites for hydroxylation is 1. The van der Waals surface area contributed by atoms with Gasteiger partial charge in [0, 0.05) is 36.7 Å². The zero-order valence-corrected chi connectivity index (χ0v) is 16.7. The SMILES string of the molecule is Cc1cc(C(F)(F)F)nc(CCNc2cc(C3CC(N)C3)nc(N)n2)n1.Cl.Cl. The molecule has 0 atom stereocenters. The average Bonchev–Trinajstić information content (AvgIpc) is 2.50. The highest BCUT2D eigenvalue weighted by Gasteiger charge is 2.33. The van der Waals surface area contributed by atoms with Gasteiger partial charge in [0.05, 0.1) is 5.69 Å². The van der Waals surface area contributed by atoms with Crippen molar-refractivity contribution in [1.82, 2.24) is 19.9 Å². The number of alkyl halides is 3. The van der Waals surface area contributed by atoms with Crippen molar-refractivity contribution in [2.24, 2.45) is 5.73 Å². The Morgan fingerprint density at radius 1 is 1.11 bits per heavy atom. The van der Waals surface area contributed by atoms with Crippen LogP contribution in [0.1, 0.15) is 41.7 Å². The Bertz CT molecular complexity index is 798. The van der Waals surface area contributed by atoms with Crippen molar-refractivity contribution < 1.29 is 13.2 Å². The summed E-state index contributed by atoms with van der Waals surface area (Å²) in [6.07, 6.45) is -2.56. The lowest BCUT2D eigenvalue weighted by atomic mass is 9.78. The summed E-state index contributed by atoms with van der Waals surface area (Å²) in [5.74, 6) is 1.07. The van der Waals surface area contributed by atoms with E-state index in [0.29, 0.717) is 12.4 Å². The third-order valence-electron chi connectivity index (χ3n) is 4.20. The second kappa shape index (κ2) is 9.53. The molecule has 0 amide bonds. The summed E-state index contributed by atoms with van der Waals surface area (Å²) in [5, 5.41) is 3.04. The van der Waals surface area contributed by atoms with Gasteiger partial charge < -0.3 is 16.8 Å². The fraction of sp³-hybridized carbons (Fsp3) is 0.500. The lowest BCUT2D eigenvalue weighted by molar-refractivity contribution is -0.141. The second-order valence-corrected chi connectivity index (χ2v) is 6.45. The van der Waals surface area contributed by atoms with E-state index in [2.05, 4.69) is 25.3 Å². The van der Waals surface area contributed by atoms with E-state index in [9.17, 15) is 13.2 Å². The van der Waals surface area contributed by atoms with E-state index >= 15 is 0 Å². The van der Waals surface area contributed by atoms with Crippen LogP contribution in [0, 0.1) is 6.92 Å². The first-order chi connectivity index (χ1) is 12.2. The molecule has 156 valence electrons. The Kier molecular flexibility index (Phi) is 8.21. The summed E-state index contributed by atoms with van der Waals surface area (Å²) in [6.45, 7) is 1.83. The van der Waals surface area contributed by atoms with Gasteiger partial charge in [0.2, 0.25) is 5.95 Å². The summed E-state index contributed by atoms with van der Waals surface area (Å²) in [6, 6.07) is 2.91. The number of hydrogen-bond donors (Lipinski definition) is 3. The maximum Gasteiger partial charge on any atom is 0.433 e. The maximum atomic E-state index is 12.8. The summed E-state index contributed by atoms with van der Waals surface area (Å²) < 4.78 is 38.5. The molecule has 28 heavy (non-hydrogen) atoms. The molecule has 0 saturated heterocycles. The van der Waals surface area contributed by atoms with Crippen LogP contribution < -0.4 is 16.8 Å². The quantitative estimate of drug-likeness (QED) is 0.655. The normalized spacial score (nSPS) is 18.5. The Balaban J connectivity index is 0.00000196. The van der Waals surface area contributed by atoms with Gasteiger partial charge in [-0.1, -0.05) is 0 Å². The van der Waals surface area contributed by atoms with Crippen LogP contribution in [-0.4, -0.2) is 32.5 Å². The van der Waals surface area contributed by atoms with Crippen molar-refractivity contribution in [1.29, 1.82) is 0 Å². The zero-order valence-electron chi connectivity index (χ0n) is 15.0. The van der Waals surface area contributed by atoms with Crippen LogP contribution in [0.15, 0.2) is 12.1 Å². The molecule has 1 fully saturated rings. The van der Waals surface area contributed by atoms with Gasteiger partial charge in [-0.15, -0.1) is 24.8 Å². The Labute approximate surface area is 172 Å². The van der Waals surface area contributed by atoms with Crippen LogP contribution in [0.25, 0.3) is 0 Å². The number of nitrogens with one attached hydrogen (secondary N) is 1. The van der Waals surface area contributed by atoms with Crippen molar-refractivity contribution in [3.8, 4) is 0 Å². The predicted octanol–water partition coefficient (Wildman–Crippen LogP) is 2.88. The average molecular weight is 440 g/mol. The van der Waals surface area contributed by atoms with Crippen molar-refractivity contribution in [3.05, 3.63) is 35.0 Å². The molecule has 0 bridgehead atoms. The lowest BCUT2D eigenvalue weighted by Crippen LogP contribution is -2.35. The van der Waals surface area contributed by atoms with Gasteiger partial charge in [0.15, 0.2) is 0 Å². The first kappa shape index (κ1) is 24.1. The minimum absolute atomic E-state index is 0. The predicted molar refractivity (Wildman–Crippen MR) is 105 cm³/mol. The van der Waals surface area contributed by atoms with Crippen LogP contribution in [0.5, 0.6) is 0 Å². The topological polar surface area (TPSA) is 116 Å². The molecule has 1 aliphatic carbocycles. The molecule has 5 N–H and O–H groups in total. The lowest BCUT2D eigenvalue weighted by Gasteiger charge is -2.32. The number of nitrogens with two attached hydrogens (primary N) is 2. The Morgan fingerprint density at radius 2 is 1.79 bits per heavy atom. The summed E-state index contributed by atoms with van der Waals surface area (Å²) in [7, 11) is 0. The molecule has 2 heterocycles. The molecule has 0 spiro atoms. The monoisotopic (exact) mass is 439 g/mol. The third kappa shape index (κ3) is 6.05. The number of rotatable bonds is 5. The number of halogens is 5. The van der Waals surface area contributed by atoms with E-state index in [0.717, 1.165) is 24.6 Å². The van der Waals surface area contributed by atoms with Gasteiger partial charge in [-0.05, 0) is 25.8 Å². The number of nitrogen functional groups attached to an aromatic ring is 1. The molecular weight excluding hydrogens is 418 g/mol. The number of hydrogen-bond acceptors (Lipinski definition) is 7. The molecule has 7 nitrogen and oxygen atoms in total. The summed E-state index contributed by atoms with van der Waals surface area (Å²) in [5.41, 5.74) is 11.7. The van der Waals surface area contributed by atoms with Crippen molar-refractivity contribution in [2.45, 2.75) is 44.3 Å². The van der Waals surface area contributed by atoms with Gasteiger partial charge in [0.25, 0.3) is 0 Å². The molecule has 2 aromatic heterocycles. The molecule has 3 rings (SSSR count). The second-order valence-electron chi connectivity index (χ2n) is 6.45. The van der Waals surface area contributed by atoms with Gasteiger partial charge in [-0.3, -0.25) is 0 Å². The van der Waals surface area contributed by atoms with E-state index in [1.165, 1.54) is 6.92 Å². The molecule has 1 saturated carbocycles. The standard InChI is InChI=1S/C16H20F3N7.2ClH/c1-8-4-12(16(17,18)19)25-13(23-8)2-3-22-14-7-11(24-15(21)26-14)9-5-10(20)6-9;;/h4,7,9-10H,2-3,5-6,20H2,1H3,(H3,21,22,24,26);2*1H. The molecule has 0 aromatic carbocycles. The molecule has 12 heteroatoms. The highest BCUT2D eigenvalue weighted by molar-refractivity contribution is 5.85. The molecule has 0 aliphatic heterocycles. The zero-order chi connectivity index (χ0) is 18.9. The van der Waals surface area contributed by atoms with Gasteiger partial charge >= 0.3 is 6.18 Å². The van der Waals surface area contributed by atoms with Gasteiger partial charge in [-0.2, -0.15) is 18.2 Å². The van der Waals surface area contributed by atoms with E-state index in [4.69, 9.17) is 11.5 Å². The highest BCUT2D eigenvalue weighted by atomic mass is 35.5. The summed E-state index contributed by atoms with van der Waals surface area (Å²) >= 11 is 0. The maximum absolute atomic E-state index is 12.8. The smallest absolute Gasteiger partial charge is 0.369 e. The number of aromatic nitrogens is 4. The molecule has 0 radical (unpaired) electrons. The van der Waals surface area contributed by atoms with Crippen molar-refractivity contribution >= 4 is 36.6 Å². The molecule has 0 unspecified atom stereocenters. The van der Waals surface area contributed by atoms with Crippen LogP contribution in [0.4, 0.5) is 24.9 Å². The summed E-state index contributed by atoms with van der Waals surface area (Å²) in [4.78, 5) is 16.0. The minimum atomic E-state index is -4.49. The first-order valence-corrected chi connectivity index (χ1v) is 8.26. The highest BCUT2D eigenvalue weighted by Crippen LogP contribution is 2.35. The molecule has 2 aromatic rings. The van der Waals surface area contributed by atoms with E-state index < -0.39 is 11.9 Å². The molecular formula is C16H22Cl2F3N7. The van der Waals surface area contributed by atoms with E-state index in [1.54, 1.807) is 6.07 Å². The number of anilines is 2. The number of nitrogens with zero attached hydrogens (tertiary/aromatic N) is 4.